The lowest BCUT2D eigenvalue weighted by Crippen LogP contribution is -2.34. The van der Waals surface area contributed by atoms with Gasteiger partial charge in [-0.15, -0.1) is 11.6 Å². The van der Waals surface area contributed by atoms with E-state index in [1.807, 2.05) is 24.3 Å². The van der Waals surface area contributed by atoms with Crippen molar-refractivity contribution in [3.05, 3.63) is 29.8 Å². The van der Waals surface area contributed by atoms with Crippen LogP contribution in [0.1, 0.15) is 96.0 Å². The molecule has 0 aliphatic rings. The van der Waals surface area contributed by atoms with Crippen molar-refractivity contribution >= 4 is 17.6 Å². The van der Waals surface area contributed by atoms with Crippen LogP contribution in [0.5, 0.6) is 5.75 Å². The largest absolute Gasteiger partial charge is 0.497 e. The summed E-state index contributed by atoms with van der Waals surface area (Å²) >= 11 is 6.49. The van der Waals surface area contributed by atoms with Crippen LogP contribution in [0.15, 0.2) is 24.3 Å². The van der Waals surface area contributed by atoms with Gasteiger partial charge in [-0.05, 0) is 24.1 Å². The van der Waals surface area contributed by atoms with E-state index < -0.39 is 10.8 Å². The number of benzene rings is 1. The maximum absolute atomic E-state index is 11.7. The third-order valence-corrected chi connectivity index (χ3v) is 5.94. The van der Waals surface area contributed by atoms with Gasteiger partial charge >= 0.3 is 5.97 Å². The van der Waals surface area contributed by atoms with Crippen molar-refractivity contribution in [3.8, 4) is 5.75 Å². The summed E-state index contributed by atoms with van der Waals surface area (Å²) in [4.78, 5) is 10.5. The van der Waals surface area contributed by atoms with E-state index in [9.17, 15) is 9.90 Å². The summed E-state index contributed by atoms with van der Waals surface area (Å²) in [6, 6.07) is 7.47. The maximum atomic E-state index is 11.7. The Morgan fingerprint density at radius 3 is 1.79 bits per heavy atom. The Hall–Kier alpha value is -1.22. The fourth-order valence-electron chi connectivity index (χ4n) is 3.58. The molecule has 0 heterocycles. The molecule has 0 amide bonds. The molecule has 4 heteroatoms. The smallest absolute Gasteiger partial charge is 0.325 e. The van der Waals surface area contributed by atoms with E-state index in [2.05, 4.69) is 6.92 Å². The first-order valence-corrected chi connectivity index (χ1v) is 11.4. The summed E-state index contributed by atoms with van der Waals surface area (Å²) in [5.41, 5.74) is 0.928. The van der Waals surface area contributed by atoms with Gasteiger partial charge in [-0.3, -0.25) is 4.79 Å². The van der Waals surface area contributed by atoms with E-state index in [4.69, 9.17) is 16.3 Å². The lowest BCUT2D eigenvalue weighted by molar-refractivity contribution is -0.140. The van der Waals surface area contributed by atoms with Crippen molar-refractivity contribution in [2.75, 3.05) is 7.11 Å². The van der Waals surface area contributed by atoms with Gasteiger partial charge in [0, 0.05) is 6.42 Å². The molecular weight excluding hydrogens is 372 g/mol. The van der Waals surface area contributed by atoms with Crippen molar-refractivity contribution in [3.63, 3.8) is 0 Å². The van der Waals surface area contributed by atoms with Crippen molar-refractivity contribution in [2.24, 2.45) is 0 Å². The fraction of sp³-hybridized carbons (Fsp3) is 0.708. The zero-order valence-electron chi connectivity index (χ0n) is 17.9. The van der Waals surface area contributed by atoms with Gasteiger partial charge in [0.05, 0.1) is 7.11 Å². The number of carboxylic acid groups (broad SMARTS) is 1. The summed E-state index contributed by atoms with van der Waals surface area (Å²) in [5.74, 6) is -0.159. The van der Waals surface area contributed by atoms with Crippen LogP contribution < -0.4 is 4.74 Å². The molecule has 1 rings (SSSR count). The number of aliphatic carboxylic acids is 1. The molecule has 0 aromatic heterocycles. The van der Waals surface area contributed by atoms with Crippen LogP contribution in [0, 0.1) is 0 Å². The lowest BCUT2D eigenvalue weighted by Gasteiger charge is -2.22. The molecule has 0 fully saturated rings. The molecule has 0 bridgehead atoms. The van der Waals surface area contributed by atoms with E-state index in [-0.39, 0.29) is 0 Å². The third-order valence-electron chi connectivity index (χ3n) is 5.45. The van der Waals surface area contributed by atoms with E-state index in [1.165, 1.54) is 64.2 Å². The highest BCUT2D eigenvalue weighted by Gasteiger charge is 2.35. The monoisotopic (exact) mass is 410 g/mol. The zero-order valence-corrected chi connectivity index (χ0v) is 18.6. The fourth-order valence-corrected chi connectivity index (χ4v) is 3.87. The van der Waals surface area contributed by atoms with E-state index >= 15 is 0 Å². The van der Waals surface area contributed by atoms with Gasteiger partial charge in [-0.2, -0.15) is 0 Å². The number of carboxylic acids is 1. The maximum Gasteiger partial charge on any atom is 0.325 e. The molecule has 160 valence electrons. The molecule has 0 spiro atoms. The Labute approximate surface area is 176 Å². The molecule has 1 aromatic carbocycles. The Morgan fingerprint density at radius 1 is 0.893 bits per heavy atom. The number of hydrogen-bond donors (Lipinski definition) is 1. The molecule has 3 nitrogen and oxygen atoms in total. The minimum absolute atomic E-state index is 0.339. The van der Waals surface area contributed by atoms with Crippen molar-refractivity contribution in [1.82, 2.24) is 0 Å². The SMILES string of the molecule is CCCCCCCCCCCCCCC(Cl)(Cc1ccc(OC)cc1)C(=O)O. The van der Waals surface area contributed by atoms with Crippen LogP contribution in [-0.4, -0.2) is 23.1 Å². The summed E-state index contributed by atoms with van der Waals surface area (Å²) in [6.45, 7) is 2.25. The summed E-state index contributed by atoms with van der Waals surface area (Å²) in [6.07, 6.45) is 16.0. The van der Waals surface area contributed by atoms with Gasteiger partial charge in [-0.25, -0.2) is 0 Å². The normalized spacial score (nSPS) is 13.2. The van der Waals surface area contributed by atoms with Crippen molar-refractivity contribution in [2.45, 2.75) is 102 Å². The predicted molar refractivity (Wildman–Crippen MR) is 119 cm³/mol. The molecule has 1 N–H and O–H groups in total. The van der Waals surface area contributed by atoms with Gasteiger partial charge in [0.25, 0.3) is 0 Å². The Kier molecular flexibility index (Phi) is 13.1. The molecule has 0 aliphatic heterocycles. The molecule has 1 unspecified atom stereocenters. The molecular formula is C24H39ClO3. The van der Waals surface area contributed by atoms with E-state index in [1.54, 1.807) is 7.11 Å². The molecule has 0 aliphatic carbocycles. The van der Waals surface area contributed by atoms with Gasteiger partial charge in [0.2, 0.25) is 0 Å². The molecule has 28 heavy (non-hydrogen) atoms. The molecule has 1 atom stereocenters. The first-order valence-electron chi connectivity index (χ1n) is 11.1. The Morgan fingerprint density at radius 2 is 1.36 bits per heavy atom. The Bertz CT molecular complexity index is 529. The van der Waals surface area contributed by atoms with Crippen LogP contribution in [0.2, 0.25) is 0 Å². The van der Waals surface area contributed by atoms with Gasteiger partial charge in [0.15, 0.2) is 0 Å². The predicted octanol–water partition coefficient (Wildman–Crippen LogP) is 7.39. The first kappa shape index (κ1) is 24.8. The number of unbranched alkanes of at least 4 members (excludes halogenated alkanes) is 11. The third kappa shape index (κ3) is 10.4. The van der Waals surface area contributed by atoms with E-state index in [0.717, 1.165) is 24.2 Å². The highest BCUT2D eigenvalue weighted by atomic mass is 35.5. The topological polar surface area (TPSA) is 46.5 Å². The number of halogens is 1. The number of alkyl halides is 1. The summed E-state index contributed by atoms with van der Waals surface area (Å²) in [5, 5.41) is 9.62. The van der Waals surface area contributed by atoms with Gasteiger partial charge in [-0.1, -0.05) is 96.1 Å². The minimum atomic E-state index is -1.22. The average Bonchev–Trinajstić information content (AvgIpc) is 2.69. The second-order valence-corrected chi connectivity index (χ2v) is 8.66. The van der Waals surface area contributed by atoms with Crippen molar-refractivity contribution < 1.29 is 14.6 Å². The quantitative estimate of drug-likeness (QED) is 0.215. The van der Waals surface area contributed by atoms with Crippen LogP contribution in [-0.2, 0) is 11.2 Å². The minimum Gasteiger partial charge on any atom is -0.497 e. The highest BCUT2D eigenvalue weighted by molar-refractivity contribution is 6.33. The second kappa shape index (κ2) is 14.7. The van der Waals surface area contributed by atoms with Gasteiger partial charge in [0.1, 0.15) is 10.6 Å². The van der Waals surface area contributed by atoms with Crippen molar-refractivity contribution in [1.29, 1.82) is 0 Å². The number of hydrogen-bond acceptors (Lipinski definition) is 2. The summed E-state index contributed by atoms with van der Waals surface area (Å²) in [7, 11) is 1.62. The van der Waals surface area contributed by atoms with Gasteiger partial charge < -0.3 is 9.84 Å². The average molecular weight is 411 g/mol. The second-order valence-electron chi connectivity index (χ2n) is 7.93. The number of carbonyl (C=O) groups is 1. The molecule has 0 saturated carbocycles. The molecule has 0 saturated heterocycles. The lowest BCUT2D eigenvalue weighted by atomic mass is 9.92. The zero-order chi connectivity index (χ0) is 20.7. The summed E-state index contributed by atoms with van der Waals surface area (Å²) < 4.78 is 5.15. The highest BCUT2D eigenvalue weighted by Crippen LogP contribution is 2.29. The molecule has 0 radical (unpaired) electrons. The molecule has 1 aromatic rings. The Balaban J connectivity index is 2.18. The van der Waals surface area contributed by atoms with Crippen LogP contribution in [0.25, 0.3) is 0 Å². The van der Waals surface area contributed by atoms with Crippen LogP contribution in [0.3, 0.4) is 0 Å². The number of methoxy groups -OCH3 is 1. The standard InChI is InChI=1S/C24H39ClO3/c1-3-4-5-6-7-8-9-10-11-12-13-14-19-24(25,23(26)27)20-21-15-17-22(28-2)18-16-21/h15-18H,3-14,19-20H2,1-2H3,(H,26,27). The number of ether oxygens (including phenoxy) is 1. The van der Waals surface area contributed by atoms with Crippen LogP contribution >= 0.6 is 11.6 Å². The van der Waals surface area contributed by atoms with Crippen LogP contribution in [0.4, 0.5) is 0 Å². The number of rotatable bonds is 17. The van der Waals surface area contributed by atoms with E-state index in [0.29, 0.717) is 12.8 Å². The first-order chi connectivity index (χ1) is 13.5.